The number of amides is 2. The molecule has 1 saturated heterocycles. The second-order valence-corrected chi connectivity index (χ2v) is 2.06. The van der Waals surface area contributed by atoms with Gasteiger partial charge in [0.05, 0.1) is 0 Å². The van der Waals surface area contributed by atoms with E-state index < -0.39 is 5.91 Å². The first-order chi connectivity index (χ1) is 5.16. The Morgan fingerprint density at radius 3 is 2.36 bits per heavy atom. The van der Waals surface area contributed by atoms with Crippen LogP contribution in [0, 0.1) is 0 Å². The third-order valence-electron chi connectivity index (χ3n) is 1.10. The zero-order valence-electron chi connectivity index (χ0n) is 6.30. The molecule has 2 amide bonds. The number of nitrogens with two attached hydrogens (primary N) is 1. The fraction of sp³-hybridized carbons (Fsp3) is 0.429. The number of rotatable bonds is 1. The van der Waals surface area contributed by atoms with E-state index in [-0.39, 0.29) is 5.91 Å². The van der Waals surface area contributed by atoms with E-state index >= 15 is 0 Å². The van der Waals surface area contributed by atoms with Gasteiger partial charge in [0.15, 0.2) is 0 Å². The molecule has 1 heterocycles. The lowest BCUT2D eigenvalue weighted by atomic mass is 10.4. The van der Waals surface area contributed by atoms with Crippen LogP contribution in [0.4, 0.5) is 0 Å². The molecule has 0 aromatic carbocycles. The standard InChI is InChI=1S/C4H7NO.C3H5NO/c6-4-2-1-3-5-4;1-2-3(4)5/h1-3H2,(H,5,6);2H,1H2,(H2,4,5). The van der Waals surface area contributed by atoms with Crippen molar-refractivity contribution < 1.29 is 9.59 Å². The molecule has 4 heteroatoms. The van der Waals surface area contributed by atoms with E-state index in [1.165, 1.54) is 0 Å². The molecule has 0 saturated carbocycles. The predicted octanol–water partition coefficient (Wildman–Crippen LogP) is -0.446. The average molecular weight is 156 g/mol. The molecule has 0 atom stereocenters. The normalized spacial score (nSPS) is 14.4. The van der Waals surface area contributed by atoms with Crippen LogP contribution >= 0.6 is 0 Å². The fourth-order valence-electron chi connectivity index (χ4n) is 0.565. The third-order valence-corrected chi connectivity index (χ3v) is 1.10. The second-order valence-electron chi connectivity index (χ2n) is 2.06. The Morgan fingerprint density at radius 2 is 2.27 bits per heavy atom. The minimum Gasteiger partial charge on any atom is -0.366 e. The van der Waals surface area contributed by atoms with Gasteiger partial charge in [0.2, 0.25) is 11.8 Å². The molecule has 0 aromatic rings. The van der Waals surface area contributed by atoms with Crippen molar-refractivity contribution in [2.75, 3.05) is 6.54 Å². The molecule has 1 aliphatic heterocycles. The third kappa shape index (κ3) is 6.57. The lowest BCUT2D eigenvalue weighted by molar-refractivity contribution is -0.119. The average Bonchev–Trinajstić information content (AvgIpc) is 2.41. The SMILES string of the molecule is C=CC(N)=O.O=C1CCCN1. The van der Waals surface area contributed by atoms with Crippen molar-refractivity contribution in [3.8, 4) is 0 Å². The Bertz CT molecular complexity index is 158. The summed E-state index contributed by atoms with van der Waals surface area (Å²) in [7, 11) is 0. The van der Waals surface area contributed by atoms with Crippen LogP contribution in [0.2, 0.25) is 0 Å². The number of carbonyl (C=O) groups excluding carboxylic acids is 2. The maximum Gasteiger partial charge on any atom is 0.240 e. The van der Waals surface area contributed by atoms with Gasteiger partial charge in [-0.3, -0.25) is 9.59 Å². The van der Waals surface area contributed by atoms with Crippen LogP contribution in [0.15, 0.2) is 12.7 Å². The lowest BCUT2D eigenvalue weighted by Gasteiger charge is -1.80. The number of hydrogen-bond acceptors (Lipinski definition) is 2. The van der Waals surface area contributed by atoms with Gasteiger partial charge >= 0.3 is 0 Å². The summed E-state index contributed by atoms with van der Waals surface area (Å²) in [5.74, 6) is -0.278. The summed E-state index contributed by atoms with van der Waals surface area (Å²) < 4.78 is 0. The van der Waals surface area contributed by atoms with E-state index in [0.717, 1.165) is 25.5 Å². The van der Waals surface area contributed by atoms with Gasteiger partial charge in [-0.05, 0) is 12.5 Å². The molecule has 0 unspecified atom stereocenters. The van der Waals surface area contributed by atoms with Crippen molar-refractivity contribution in [3.05, 3.63) is 12.7 Å². The minimum absolute atomic E-state index is 0.204. The molecular formula is C7H12N2O2. The smallest absolute Gasteiger partial charge is 0.240 e. The topological polar surface area (TPSA) is 72.2 Å². The number of hydrogen-bond donors (Lipinski definition) is 2. The molecule has 11 heavy (non-hydrogen) atoms. The van der Waals surface area contributed by atoms with Crippen LogP contribution in [0.1, 0.15) is 12.8 Å². The summed E-state index contributed by atoms with van der Waals surface area (Å²) >= 11 is 0. The Morgan fingerprint density at radius 1 is 1.73 bits per heavy atom. The highest BCUT2D eigenvalue weighted by atomic mass is 16.2. The molecule has 1 aliphatic rings. The molecule has 62 valence electrons. The van der Waals surface area contributed by atoms with E-state index in [9.17, 15) is 9.59 Å². The molecule has 4 nitrogen and oxygen atoms in total. The van der Waals surface area contributed by atoms with Crippen LogP contribution < -0.4 is 11.1 Å². The van der Waals surface area contributed by atoms with Crippen LogP contribution in [0.25, 0.3) is 0 Å². The Hall–Kier alpha value is -1.32. The van der Waals surface area contributed by atoms with Crippen LogP contribution in [0.5, 0.6) is 0 Å². The number of nitrogens with one attached hydrogen (secondary N) is 1. The molecule has 1 rings (SSSR count). The number of carbonyl (C=O) groups is 2. The highest BCUT2D eigenvalue weighted by molar-refractivity contribution is 5.84. The molecule has 0 spiro atoms. The van der Waals surface area contributed by atoms with Crippen molar-refractivity contribution >= 4 is 11.8 Å². The van der Waals surface area contributed by atoms with E-state index in [1.807, 2.05) is 0 Å². The van der Waals surface area contributed by atoms with Gasteiger partial charge in [-0.2, -0.15) is 0 Å². The monoisotopic (exact) mass is 156 g/mol. The van der Waals surface area contributed by atoms with Crippen LogP contribution in [-0.2, 0) is 9.59 Å². The van der Waals surface area contributed by atoms with E-state index in [2.05, 4.69) is 17.6 Å². The Kier molecular flexibility index (Phi) is 4.81. The van der Waals surface area contributed by atoms with Crippen LogP contribution in [-0.4, -0.2) is 18.4 Å². The van der Waals surface area contributed by atoms with Crippen LogP contribution in [0.3, 0.4) is 0 Å². The van der Waals surface area contributed by atoms with Gasteiger partial charge in [-0.1, -0.05) is 6.58 Å². The number of primary amides is 1. The lowest BCUT2D eigenvalue weighted by Crippen LogP contribution is -2.12. The molecule has 0 bridgehead atoms. The summed E-state index contributed by atoms with van der Waals surface area (Å²) in [4.78, 5) is 19.6. The Labute approximate surface area is 65.5 Å². The first kappa shape index (κ1) is 9.68. The molecule has 0 aliphatic carbocycles. The predicted molar refractivity (Wildman–Crippen MR) is 41.6 cm³/mol. The maximum atomic E-state index is 10.1. The van der Waals surface area contributed by atoms with E-state index in [4.69, 9.17) is 0 Å². The molecule has 0 aromatic heterocycles. The van der Waals surface area contributed by atoms with Crippen molar-refractivity contribution in [1.29, 1.82) is 0 Å². The van der Waals surface area contributed by atoms with E-state index in [1.54, 1.807) is 0 Å². The Balaban J connectivity index is 0.000000187. The zero-order valence-corrected chi connectivity index (χ0v) is 6.30. The molecule has 1 fully saturated rings. The van der Waals surface area contributed by atoms with Crippen molar-refractivity contribution in [3.63, 3.8) is 0 Å². The summed E-state index contributed by atoms with van der Waals surface area (Å²) in [5, 5.41) is 2.68. The largest absolute Gasteiger partial charge is 0.366 e. The van der Waals surface area contributed by atoms with Crippen molar-refractivity contribution in [2.24, 2.45) is 5.73 Å². The van der Waals surface area contributed by atoms with Gasteiger partial charge < -0.3 is 11.1 Å². The first-order valence-electron chi connectivity index (χ1n) is 3.35. The minimum atomic E-state index is -0.481. The summed E-state index contributed by atoms with van der Waals surface area (Å²) in [6, 6.07) is 0. The molecule has 3 N–H and O–H groups in total. The molecular weight excluding hydrogens is 144 g/mol. The highest BCUT2D eigenvalue weighted by Crippen LogP contribution is 1.93. The quantitative estimate of drug-likeness (QED) is 0.505. The van der Waals surface area contributed by atoms with Gasteiger partial charge in [0, 0.05) is 13.0 Å². The van der Waals surface area contributed by atoms with Gasteiger partial charge in [-0.25, -0.2) is 0 Å². The summed E-state index contributed by atoms with van der Waals surface area (Å²) in [6.07, 6.45) is 2.82. The maximum absolute atomic E-state index is 10.1. The highest BCUT2D eigenvalue weighted by Gasteiger charge is 2.05. The summed E-state index contributed by atoms with van der Waals surface area (Å²) in [6.45, 7) is 3.97. The van der Waals surface area contributed by atoms with Crippen molar-refractivity contribution in [2.45, 2.75) is 12.8 Å². The van der Waals surface area contributed by atoms with Gasteiger partial charge in [0.25, 0.3) is 0 Å². The van der Waals surface area contributed by atoms with Gasteiger partial charge in [-0.15, -0.1) is 0 Å². The van der Waals surface area contributed by atoms with Gasteiger partial charge in [0.1, 0.15) is 0 Å². The summed E-state index contributed by atoms with van der Waals surface area (Å²) in [5.41, 5.74) is 4.53. The van der Waals surface area contributed by atoms with Crippen molar-refractivity contribution in [1.82, 2.24) is 5.32 Å². The molecule has 0 radical (unpaired) electrons. The second kappa shape index (κ2) is 5.46. The zero-order chi connectivity index (χ0) is 8.69. The van der Waals surface area contributed by atoms with E-state index in [0.29, 0.717) is 0 Å². The first-order valence-corrected chi connectivity index (χ1v) is 3.35. The fourth-order valence-corrected chi connectivity index (χ4v) is 0.565.